The van der Waals surface area contributed by atoms with Crippen molar-refractivity contribution in [1.82, 2.24) is 0 Å². The molecule has 25 heavy (non-hydrogen) atoms. The van der Waals surface area contributed by atoms with Gasteiger partial charge in [0.1, 0.15) is 16.3 Å². The zero-order valence-electron chi connectivity index (χ0n) is 13.9. The second-order valence-electron chi connectivity index (χ2n) is 5.66. The number of methoxy groups -OCH3 is 1. The van der Waals surface area contributed by atoms with Crippen LogP contribution in [0.5, 0.6) is 0 Å². The van der Waals surface area contributed by atoms with Crippen molar-refractivity contribution < 1.29 is 9.53 Å². The molecule has 0 bridgehead atoms. The van der Waals surface area contributed by atoms with E-state index in [1.807, 2.05) is 30.4 Å². The predicted molar refractivity (Wildman–Crippen MR) is 110 cm³/mol. The van der Waals surface area contributed by atoms with Gasteiger partial charge in [0.05, 0.1) is 7.11 Å². The molecule has 4 heteroatoms. The van der Waals surface area contributed by atoms with E-state index >= 15 is 0 Å². The minimum atomic E-state index is -1.97. The Labute approximate surface area is 157 Å². The molecule has 1 aliphatic rings. The minimum absolute atomic E-state index is 0.0569. The van der Waals surface area contributed by atoms with Crippen molar-refractivity contribution >= 4 is 38.0 Å². The van der Waals surface area contributed by atoms with Gasteiger partial charge in [0.2, 0.25) is 0 Å². The molecule has 1 unspecified atom stereocenters. The molecule has 1 aliphatic carbocycles. The van der Waals surface area contributed by atoms with E-state index in [0.717, 1.165) is 5.57 Å². The van der Waals surface area contributed by atoms with Crippen LogP contribution in [0.1, 0.15) is 0 Å². The van der Waals surface area contributed by atoms with E-state index in [4.69, 9.17) is 4.74 Å². The van der Waals surface area contributed by atoms with Gasteiger partial charge < -0.3 is 4.74 Å². The highest BCUT2D eigenvalue weighted by Gasteiger charge is 2.49. The van der Waals surface area contributed by atoms with E-state index in [9.17, 15) is 4.79 Å². The highest BCUT2D eigenvalue weighted by molar-refractivity contribution is 9.44. The van der Waals surface area contributed by atoms with Crippen LogP contribution in [0.25, 0.3) is 0 Å². The van der Waals surface area contributed by atoms with Crippen molar-refractivity contribution in [2.24, 2.45) is 0 Å². The lowest BCUT2D eigenvalue weighted by atomic mass is 10.1. The maximum Gasteiger partial charge on any atom is 0.330 e. The van der Waals surface area contributed by atoms with Crippen molar-refractivity contribution in [2.45, 2.75) is 5.66 Å². The zero-order chi connectivity index (χ0) is 17.7. The number of halogens is 1. The number of hydrogen-bond donors (Lipinski definition) is 0. The highest BCUT2D eigenvalue weighted by Crippen LogP contribution is 2.70. The van der Waals surface area contributed by atoms with E-state index in [-0.39, 0.29) is 11.6 Å². The summed E-state index contributed by atoms with van der Waals surface area (Å²) in [6.07, 6.45) is 9.74. The molecule has 0 aliphatic heterocycles. The molecule has 0 aromatic heterocycles. The Kier molecular flexibility index (Phi) is 5.67. The molecule has 3 rings (SSSR count). The molecule has 0 fully saturated rings. The number of allylic oxidation sites excluding steroid dienone is 5. The molecule has 2 aromatic carbocycles. The monoisotopic (exact) mass is 413 g/mol. The third-order valence-corrected chi connectivity index (χ3v) is 11.3. The summed E-state index contributed by atoms with van der Waals surface area (Å²) in [5.41, 5.74) is 1.01. The Morgan fingerprint density at radius 3 is 2.08 bits per heavy atom. The van der Waals surface area contributed by atoms with E-state index in [1.54, 1.807) is 6.08 Å². The van der Waals surface area contributed by atoms with E-state index in [2.05, 4.69) is 70.1 Å². The first-order chi connectivity index (χ1) is 12.2. The summed E-state index contributed by atoms with van der Waals surface area (Å²) >= 11 is 4.15. The third kappa shape index (κ3) is 3.68. The lowest BCUT2D eigenvalue weighted by molar-refractivity contribution is -0.134. The van der Waals surface area contributed by atoms with Crippen LogP contribution in [-0.2, 0) is 9.53 Å². The summed E-state index contributed by atoms with van der Waals surface area (Å²) < 4.78 is 4.85. The van der Waals surface area contributed by atoms with Gasteiger partial charge in [0.25, 0.3) is 0 Å². The zero-order valence-corrected chi connectivity index (χ0v) is 16.4. The molecule has 1 atom stereocenters. The molecule has 0 N–H and O–H groups in total. The second-order valence-corrected chi connectivity index (χ2v) is 11.9. The van der Waals surface area contributed by atoms with Crippen LogP contribution in [0.3, 0.4) is 0 Å². The van der Waals surface area contributed by atoms with Crippen molar-refractivity contribution in [3.05, 3.63) is 96.6 Å². The SMILES string of the molecule is COC(=O)C=C1C=CC=CC1[P+](Br)(c1ccccc1)c1ccccc1. The average Bonchev–Trinajstić information content (AvgIpc) is 2.69. The highest BCUT2D eigenvalue weighted by atomic mass is 79.9. The number of rotatable bonds is 4. The third-order valence-electron chi connectivity index (χ3n) is 4.17. The van der Waals surface area contributed by atoms with E-state index < -0.39 is 5.96 Å². The number of ether oxygens (including phenoxy) is 1. The predicted octanol–water partition coefficient (Wildman–Crippen LogP) is 4.56. The van der Waals surface area contributed by atoms with Crippen molar-refractivity contribution in [3.63, 3.8) is 0 Å². The second kappa shape index (κ2) is 7.95. The van der Waals surface area contributed by atoms with Gasteiger partial charge in [0.15, 0.2) is 21.5 Å². The molecular formula is C21H19BrO2P+. The molecule has 0 saturated carbocycles. The minimum Gasteiger partial charge on any atom is -0.466 e. The summed E-state index contributed by atoms with van der Waals surface area (Å²) in [5, 5.41) is 2.48. The number of benzene rings is 2. The van der Waals surface area contributed by atoms with Gasteiger partial charge >= 0.3 is 5.97 Å². The van der Waals surface area contributed by atoms with Gasteiger partial charge in [-0.25, -0.2) is 4.79 Å². The Morgan fingerprint density at radius 2 is 1.56 bits per heavy atom. The van der Waals surface area contributed by atoms with Gasteiger partial charge in [-0.15, -0.1) is 0 Å². The van der Waals surface area contributed by atoms with Crippen LogP contribution < -0.4 is 10.6 Å². The maximum atomic E-state index is 11.9. The van der Waals surface area contributed by atoms with Crippen LogP contribution in [-0.4, -0.2) is 18.7 Å². The smallest absolute Gasteiger partial charge is 0.330 e. The lowest BCUT2D eigenvalue weighted by Gasteiger charge is -2.28. The Bertz CT molecular complexity index is 786. The van der Waals surface area contributed by atoms with Crippen molar-refractivity contribution in [3.8, 4) is 0 Å². The first kappa shape index (κ1) is 17.8. The van der Waals surface area contributed by atoms with Gasteiger partial charge in [0, 0.05) is 11.6 Å². The first-order valence-electron chi connectivity index (χ1n) is 8.00. The fourth-order valence-electron chi connectivity index (χ4n) is 2.96. The summed E-state index contributed by atoms with van der Waals surface area (Å²) in [7, 11) is 1.40. The van der Waals surface area contributed by atoms with Gasteiger partial charge in [-0.05, 0) is 30.3 Å². The van der Waals surface area contributed by atoms with E-state index in [0.29, 0.717) is 0 Å². The number of esters is 1. The Hall–Kier alpha value is -1.96. The Balaban J connectivity index is 2.18. The summed E-state index contributed by atoms with van der Waals surface area (Å²) in [6.45, 7) is 0. The van der Waals surface area contributed by atoms with Gasteiger partial charge in [-0.2, -0.15) is 0 Å². The molecule has 0 heterocycles. The summed E-state index contributed by atoms with van der Waals surface area (Å²) in [6, 6.07) is 20.9. The molecular weight excluding hydrogens is 395 g/mol. The normalized spacial score (nSPS) is 18.3. The molecule has 2 aromatic rings. The van der Waals surface area contributed by atoms with Gasteiger partial charge in [-0.1, -0.05) is 54.6 Å². The number of carbonyl (C=O) groups excluding carboxylic acids is 1. The largest absolute Gasteiger partial charge is 0.466 e. The van der Waals surface area contributed by atoms with Crippen LogP contribution in [0.15, 0.2) is 96.6 Å². The van der Waals surface area contributed by atoms with Crippen molar-refractivity contribution in [2.75, 3.05) is 7.11 Å². The fourth-order valence-corrected chi connectivity index (χ4v) is 8.56. The first-order valence-corrected chi connectivity index (χ1v) is 11.9. The van der Waals surface area contributed by atoms with Gasteiger partial charge in [-0.3, -0.25) is 0 Å². The molecule has 2 nitrogen and oxygen atoms in total. The van der Waals surface area contributed by atoms with Crippen molar-refractivity contribution in [1.29, 1.82) is 0 Å². The number of carbonyl (C=O) groups is 1. The summed E-state index contributed by atoms with van der Waals surface area (Å²) in [4.78, 5) is 11.9. The van der Waals surface area contributed by atoms with Crippen LogP contribution in [0.4, 0.5) is 0 Å². The van der Waals surface area contributed by atoms with E-state index in [1.165, 1.54) is 17.7 Å². The summed E-state index contributed by atoms with van der Waals surface area (Å²) in [5.74, 6) is -2.31. The fraction of sp³-hybridized carbons (Fsp3) is 0.0952. The number of hydrogen-bond acceptors (Lipinski definition) is 2. The molecule has 0 amide bonds. The standard InChI is InChI=1S/C21H19BrO2P/c1-24-21(23)16-17-10-8-9-15-20(17)25(22,18-11-4-2-5-12-18)19-13-6-3-7-14-19/h2-16,20H,1H3/q+1. The molecule has 0 radical (unpaired) electrons. The maximum absolute atomic E-state index is 11.9. The Morgan fingerprint density at radius 1 is 1.00 bits per heavy atom. The lowest BCUT2D eigenvalue weighted by Crippen LogP contribution is -2.28. The average molecular weight is 414 g/mol. The van der Waals surface area contributed by atoms with Crippen LogP contribution >= 0.6 is 21.5 Å². The quantitative estimate of drug-likeness (QED) is 0.417. The molecule has 0 spiro atoms. The topological polar surface area (TPSA) is 26.3 Å². The molecule has 126 valence electrons. The van der Waals surface area contributed by atoms with Crippen LogP contribution in [0, 0.1) is 0 Å². The van der Waals surface area contributed by atoms with Crippen LogP contribution in [0.2, 0.25) is 0 Å². The molecule has 0 saturated heterocycles.